The summed E-state index contributed by atoms with van der Waals surface area (Å²) in [6.07, 6.45) is 1.50. The van der Waals surface area contributed by atoms with Crippen LogP contribution in [0.3, 0.4) is 0 Å². The topological polar surface area (TPSA) is 151 Å². The van der Waals surface area contributed by atoms with Gasteiger partial charge < -0.3 is 16.0 Å². The first-order valence-corrected chi connectivity index (χ1v) is 12.3. The molecule has 174 valence electrons. The van der Waals surface area contributed by atoms with Crippen molar-refractivity contribution in [2.75, 3.05) is 29.9 Å². The summed E-state index contributed by atoms with van der Waals surface area (Å²) < 4.78 is 24.5. The molecule has 0 saturated carbocycles. The SMILES string of the molecule is N#Cc1cccc(Cl)c1-n1cc(Nc2ccc(C(=O)N3CCS(=O)(=O)CC3)cc2)c(C(N)=O)n1. The van der Waals surface area contributed by atoms with Gasteiger partial charge in [-0.1, -0.05) is 17.7 Å². The zero-order valence-electron chi connectivity index (χ0n) is 17.7. The molecule has 1 aromatic heterocycles. The molecule has 34 heavy (non-hydrogen) atoms. The van der Waals surface area contributed by atoms with E-state index in [2.05, 4.69) is 10.4 Å². The standard InChI is InChI=1S/C22H19ClN6O4S/c23-17-3-1-2-15(12-24)20(17)29-13-18(19(27-29)21(25)30)26-16-6-4-14(5-7-16)22(31)28-8-10-34(32,33)11-9-28/h1-7,13,26H,8-11H2,(H2,25,30). The lowest BCUT2D eigenvalue weighted by Crippen LogP contribution is -2.43. The molecule has 0 aliphatic carbocycles. The van der Waals surface area contributed by atoms with Gasteiger partial charge in [0.05, 0.1) is 34.0 Å². The highest BCUT2D eigenvalue weighted by atomic mass is 35.5. The Balaban J connectivity index is 1.57. The van der Waals surface area contributed by atoms with Crippen molar-refractivity contribution in [1.82, 2.24) is 14.7 Å². The number of nitrogens with two attached hydrogens (primary N) is 1. The maximum Gasteiger partial charge on any atom is 0.271 e. The first kappa shape index (κ1) is 23.3. The molecular formula is C22H19ClN6O4S. The van der Waals surface area contributed by atoms with Crippen LogP contribution in [0.15, 0.2) is 48.7 Å². The van der Waals surface area contributed by atoms with Gasteiger partial charge in [-0.15, -0.1) is 0 Å². The first-order valence-electron chi connectivity index (χ1n) is 10.1. The lowest BCUT2D eigenvalue weighted by molar-refractivity contribution is 0.0770. The van der Waals surface area contributed by atoms with Crippen molar-refractivity contribution in [3.05, 3.63) is 70.5 Å². The molecule has 4 rings (SSSR count). The van der Waals surface area contributed by atoms with E-state index in [-0.39, 0.29) is 52.5 Å². The van der Waals surface area contributed by atoms with Crippen LogP contribution in [0.4, 0.5) is 11.4 Å². The van der Waals surface area contributed by atoms with Gasteiger partial charge in [0, 0.05) is 24.3 Å². The number of para-hydroxylation sites is 1. The average Bonchev–Trinajstić information content (AvgIpc) is 3.22. The zero-order valence-corrected chi connectivity index (χ0v) is 19.3. The van der Waals surface area contributed by atoms with E-state index in [4.69, 9.17) is 17.3 Å². The normalized spacial score (nSPS) is 14.9. The number of amides is 2. The van der Waals surface area contributed by atoms with Crippen molar-refractivity contribution in [3.63, 3.8) is 0 Å². The van der Waals surface area contributed by atoms with Gasteiger partial charge in [0.2, 0.25) is 0 Å². The van der Waals surface area contributed by atoms with E-state index >= 15 is 0 Å². The van der Waals surface area contributed by atoms with E-state index in [1.54, 1.807) is 42.5 Å². The molecule has 10 nitrogen and oxygen atoms in total. The molecule has 12 heteroatoms. The van der Waals surface area contributed by atoms with Gasteiger partial charge in [0.15, 0.2) is 15.5 Å². The number of carbonyl (C=O) groups excluding carboxylic acids is 2. The van der Waals surface area contributed by atoms with Gasteiger partial charge in [-0.3, -0.25) is 9.59 Å². The summed E-state index contributed by atoms with van der Waals surface area (Å²) in [5.74, 6) is -1.12. The molecule has 2 amide bonds. The van der Waals surface area contributed by atoms with Crippen molar-refractivity contribution >= 4 is 44.6 Å². The third kappa shape index (κ3) is 4.73. The Kier molecular flexibility index (Phi) is 6.28. The van der Waals surface area contributed by atoms with Crippen LogP contribution in [0.25, 0.3) is 5.69 Å². The molecule has 0 unspecified atom stereocenters. The Morgan fingerprint density at radius 2 is 1.79 bits per heavy atom. The summed E-state index contributed by atoms with van der Waals surface area (Å²) >= 11 is 6.25. The number of halogens is 1. The van der Waals surface area contributed by atoms with Crippen molar-refractivity contribution < 1.29 is 18.0 Å². The van der Waals surface area contributed by atoms with Crippen LogP contribution >= 0.6 is 11.6 Å². The second-order valence-corrected chi connectivity index (χ2v) is 10.3. The molecule has 1 saturated heterocycles. The minimum absolute atomic E-state index is 0.0444. The Bertz CT molecular complexity index is 1410. The van der Waals surface area contributed by atoms with Crippen LogP contribution in [0.1, 0.15) is 26.4 Å². The van der Waals surface area contributed by atoms with Gasteiger partial charge in [-0.2, -0.15) is 10.4 Å². The van der Waals surface area contributed by atoms with Gasteiger partial charge in [-0.05, 0) is 36.4 Å². The van der Waals surface area contributed by atoms with Crippen LogP contribution in [0.2, 0.25) is 5.02 Å². The molecule has 1 fully saturated rings. The maximum atomic E-state index is 12.7. The third-order valence-corrected chi connectivity index (χ3v) is 7.24. The highest BCUT2D eigenvalue weighted by Gasteiger charge is 2.26. The average molecular weight is 499 g/mol. The van der Waals surface area contributed by atoms with Crippen LogP contribution in [-0.2, 0) is 9.84 Å². The van der Waals surface area contributed by atoms with Crippen LogP contribution < -0.4 is 11.1 Å². The fraction of sp³-hybridized carbons (Fsp3) is 0.182. The summed E-state index contributed by atoms with van der Waals surface area (Å²) in [5.41, 5.74) is 7.26. The number of nitriles is 1. The predicted molar refractivity (Wildman–Crippen MR) is 126 cm³/mol. The second-order valence-electron chi connectivity index (χ2n) is 7.59. The van der Waals surface area contributed by atoms with Gasteiger partial charge in [0.1, 0.15) is 11.8 Å². The van der Waals surface area contributed by atoms with E-state index < -0.39 is 15.7 Å². The highest BCUT2D eigenvalue weighted by Crippen LogP contribution is 2.28. The number of aromatic nitrogens is 2. The number of primary amides is 1. The fourth-order valence-electron chi connectivity index (χ4n) is 3.55. The molecule has 3 N–H and O–H groups in total. The predicted octanol–water partition coefficient (Wildman–Crippen LogP) is 2.11. The highest BCUT2D eigenvalue weighted by molar-refractivity contribution is 7.91. The molecule has 0 radical (unpaired) electrons. The van der Waals surface area contributed by atoms with Gasteiger partial charge in [0.25, 0.3) is 11.8 Å². The molecule has 1 aliphatic heterocycles. The van der Waals surface area contributed by atoms with Crippen LogP contribution in [0, 0.1) is 11.3 Å². The van der Waals surface area contributed by atoms with E-state index in [0.29, 0.717) is 16.9 Å². The number of rotatable bonds is 5. The minimum Gasteiger partial charge on any atom is -0.364 e. The number of nitrogens with zero attached hydrogens (tertiary/aromatic N) is 4. The lowest BCUT2D eigenvalue weighted by Gasteiger charge is -2.26. The van der Waals surface area contributed by atoms with E-state index in [0.717, 1.165) is 0 Å². The zero-order chi connectivity index (χ0) is 24.5. The Labute approximate surface area is 200 Å². The van der Waals surface area contributed by atoms with Crippen molar-refractivity contribution in [2.24, 2.45) is 5.73 Å². The first-order chi connectivity index (χ1) is 16.2. The number of hydrogen-bond acceptors (Lipinski definition) is 7. The molecular weight excluding hydrogens is 480 g/mol. The Hall–Kier alpha value is -3.88. The quantitative estimate of drug-likeness (QED) is 0.546. The van der Waals surface area contributed by atoms with Crippen LogP contribution in [-0.4, -0.2) is 59.5 Å². The number of sulfone groups is 1. The largest absolute Gasteiger partial charge is 0.364 e. The van der Waals surface area contributed by atoms with Crippen LogP contribution in [0.5, 0.6) is 0 Å². The molecule has 0 spiro atoms. The summed E-state index contributed by atoms with van der Waals surface area (Å²) in [4.78, 5) is 26.2. The Morgan fingerprint density at radius 1 is 1.12 bits per heavy atom. The third-order valence-electron chi connectivity index (χ3n) is 5.33. The fourth-order valence-corrected chi connectivity index (χ4v) is 5.01. The molecule has 2 aromatic carbocycles. The summed E-state index contributed by atoms with van der Waals surface area (Å²) in [7, 11) is -3.08. The minimum atomic E-state index is -3.08. The summed E-state index contributed by atoms with van der Waals surface area (Å²) in [6.45, 7) is 0.324. The molecule has 3 aromatic rings. The molecule has 0 atom stereocenters. The number of carbonyl (C=O) groups is 2. The van der Waals surface area contributed by atoms with E-state index in [9.17, 15) is 23.3 Å². The maximum absolute atomic E-state index is 12.7. The molecule has 0 bridgehead atoms. The monoisotopic (exact) mass is 498 g/mol. The number of benzene rings is 2. The second kappa shape index (κ2) is 9.17. The van der Waals surface area contributed by atoms with Crippen molar-refractivity contribution in [2.45, 2.75) is 0 Å². The Morgan fingerprint density at radius 3 is 2.41 bits per heavy atom. The van der Waals surface area contributed by atoms with Gasteiger partial charge >= 0.3 is 0 Å². The van der Waals surface area contributed by atoms with Crippen molar-refractivity contribution in [1.29, 1.82) is 5.26 Å². The molecule has 2 heterocycles. The lowest BCUT2D eigenvalue weighted by atomic mass is 10.1. The number of hydrogen-bond donors (Lipinski definition) is 2. The smallest absolute Gasteiger partial charge is 0.271 e. The van der Waals surface area contributed by atoms with E-state index in [1.807, 2.05) is 6.07 Å². The summed E-state index contributed by atoms with van der Waals surface area (Å²) in [6, 6.07) is 13.3. The van der Waals surface area contributed by atoms with Gasteiger partial charge in [-0.25, -0.2) is 13.1 Å². The number of nitrogens with one attached hydrogen (secondary N) is 1. The van der Waals surface area contributed by atoms with E-state index in [1.165, 1.54) is 15.8 Å². The van der Waals surface area contributed by atoms with Crippen molar-refractivity contribution in [3.8, 4) is 11.8 Å². The molecule has 1 aliphatic rings. The number of anilines is 2. The summed E-state index contributed by atoms with van der Waals surface area (Å²) in [5, 5.41) is 16.9.